The summed E-state index contributed by atoms with van der Waals surface area (Å²) in [5.74, 6) is 0. The van der Waals surface area contributed by atoms with Crippen LogP contribution in [0.2, 0.25) is 0 Å². The molecule has 0 saturated carbocycles. The number of hydrogen-bond acceptors (Lipinski definition) is 0. The summed E-state index contributed by atoms with van der Waals surface area (Å²) in [6, 6.07) is 14.7. The van der Waals surface area contributed by atoms with Gasteiger partial charge in [-0.2, -0.15) is 0 Å². The Morgan fingerprint density at radius 1 is 0.293 bits per heavy atom. The van der Waals surface area contributed by atoms with Gasteiger partial charge in [0, 0.05) is 33.4 Å². The quantitative estimate of drug-likeness (QED) is 0.234. The molecule has 0 saturated heterocycles. The summed E-state index contributed by atoms with van der Waals surface area (Å²) in [6.45, 7) is 7.32. The first-order chi connectivity index (χ1) is 18.2. The van der Waals surface area contributed by atoms with Gasteiger partial charge in [0.25, 0.3) is 0 Å². The Labute approximate surface area is 255 Å². The molecule has 2 rings (SSSR count). The third-order valence-electron chi connectivity index (χ3n) is 6.84. The van der Waals surface area contributed by atoms with Crippen molar-refractivity contribution in [3.05, 3.63) is 69.8 Å². The summed E-state index contributed by atoms with van der Waals surface area (Å²) in [6.07, 6.45) is 0. The highest BCUT2D eigenvalue weighted by Gasteiger charge is 2.29. The molecule has 0 aliphatic heterocycles. The van der Waals surface area contributed by atoms with Crippen molar-refractivity contribution in [1.29, 1.82) is 0 Å². The zero-order valence-electron chi connectivity index (χ0n) is 30.1. The molecule has 0 fully saturated rings. The van der Waals surface area contributed by atoms with Crippen molar-refractivity contribution in [2.45, 2.75) is 39.3 Å². The van der Waals surface area contributed by atoms with E-state index in [1.165, 1.54) is 33.4 Å². The molecule has 2 aromatic rings. The van der Waals surface area contributed by atoms with Crippen LogP contribution in [0.5, 0.6) is 0 Å². The minimum absolute atomic E-state index is 0.943. The molecule has 6 heteroatoms. The van der Waals surface area contributed by atoms with Crippen molar-refractivity contribution in [1.82, 2.24) is 0 Å². The maximum atomic E-state index is 2.47. The first-order valence-corrected chi connectivity index (χ1v) is 15.3. The summed E-state index contributed by atoms with van der Waals surface area (Å²) in [5.41, 5.74) is 8.72. The first-order valence-electron chi connectivity index (χ1n) is 15.3. The zero-order valence-corrected chi connectivity index (χ0v) is 30.1. The molecule has 0 aromatic heterocycles. The van der Waals surface area contributed by atoms with E-state index in [-0.39, 0.29) is 0 Å². The van der Waals surface area contributed by atoms with E-state index in [0.29, 0.717) is 0 Å². The molecule has 0 heterocycles. The third kappa shape index (κ3) is 14.8. The van der Waals surface area contributed by atoms with Gasteiger partial charge >= 0.3 is 0 Å². The van der Waals surface area contributed by atoms with Crippen LogP contribution >= 0.6 is 0 Å². The number of hydrogen-bond donors (Lipinski definition) is 0. The lowest BCUT2D eigenvalue weighted by Crippen LogP contribution is -2.54. The number of rotatable bonds is 14. The molecular weight excluding hydrogens is 504 g/mol. The molecule has 41 heavy (non-hydrogen) atoms. The number of benzene rings is 2. The van der Waals surface area contributed by atoms with Gasteiger partial charge < -0.3 is 17.9 Å². The topological polar surface area (TPSA) is 0 Å². The Hall–Kier alpha value is -1.80. The van der Waals surface area contributed by atoms with Gasteiger partial charge in [0.2, 0.25) is 6.67 Å². The summed E-state index contributed by atoms with van der Waals surface area (Å²) in [4.78, 5) is 0. The first kappa shape index (κ1) is 35.4. The maximum Gasteiger partial charge on any atom is 0.207 e. The van der Waals surface area contributed by atoms with E-state index in [1.807, 2.05) is 0 Å². The lowest BCUT2D eigenvalue weighted by Gasteiger charge is -2.39. The summed E-state index contributed by atoms with van der Waals surface area (Å²) in [5, 5.41) is 0. The van der Waals surface area contributed by atoms with Gasteiger partial charge in [-0.1, -0.05) is 0 Å². The van der Waals surface area contributed by atoms with Crippen LogP contribution in [0.4, 0.5) is 0 Å². The van der Waals surface area contributed by atoms with Gasteiger partial charge in [0.15, 0.2) is 0 Å². The predicted octanol–water partition coefficient (Wildman–Crippen LogP) is 4.32. The van der Waals surface area contributed by atoms with Crippen LogP contribution in [-0.2, 0) is 39.3 Å². The fourth-order valence-corrected chi connectivity index (χ4v) is 6.54. The van der Waals surface area contributed by atoms with Crippen molar-refractivity contribution in [2.24, 2.45) is 0 Å². The van der Waals surface area contributed by atoms with E-state index in [0.717, 1.165) is 72.8 Å². The molecule has 0 aliphatic carbocycles. The second-order valence-corrected chi connectivity index (χ2v) is 18.4. The highest BCUT2D eigenvalue weighted by Crippen LogP contribution is 2.23. The third-order valence-corrected chi connectivity index (χ3v) is 6.84. The fourth-order valence-electron chi connectivity index (χ4n) is 6.54. The monoisotopic (exact) mass is 573 g/mol. The molecule has 0 amide bonds. The largest absolute Gasteiger partial charge is 0.327 e. The second kappa shape index (κ2) is 12.4. The molecule has 232 valence electrons. The van der Waals surface area contributed by atoms with Gasteiger partial charge in [-0.15, -0.1) is 0 Å². The average molecular weight is 573 g/mol. The van der Waals surface area contributed by atoms with E-state index in [4.69, 9.17) is 0 Å². The summed E-state index contributed by atoms with van der Waals surface area (Å²) in [7, 11) is 37.0. The number of nitrogens with zero attached hydrogens (tertiary/aromatic N) is 6. The lowest BCUT2D eigenvalue weighted by atomic mass is 10.0. The molecule has 0 bridgehead atoms. The van der Waals surface area contributed by atoms with Crippen LogP contribution in [0, 0.1) is 0 Å². The molecule has 0 N–H and O–H groups in total. The van der Waals surface area contributed by atoms with E-state index in [1.54, 1.807) is 0 Å². The van der Waals surface area contributed by atoms with E-state index in [2.05, 4.69) is 149 Å². The Morgan fingerprint density at radius 3 is 0.634 bits per heavy atom. The molecule has 0 spiro atoms. The molecule has 0 atom stereocenters. The molecular formula is C35H68N6+6. The molecule has 0 unspecified atom stereocenters. The highest BCUT2D eigenvalue weighted by atomic mass is 15.5. The standard InChI is InChI=1S/C35H68N6/c1-36(2,3)23-30-17-31(24-37(4,5)6)20-34(19-30)27-40(13,14)29-41(15,16)28-35-21-32(25-38(7,8)9)18-33(22-35)26-39(10,11)12/h17-22H,23-29H2,1-16H3/q+6. The maximum absolute atomic E-state index is 2.47. The van der Waals surface area contributed by atoms with E-state index < -0.39 is 0 Å². The summed E-state index contributed by atoms with van der Waals surface area (Å²) < 4.78 is 5.68. The van der Waals surface area contributed by atoms with Crippen LogP contribution in [0.25, 0.3) is 0 Å². The van der Waals surface area contributed by atoms with Crippen LogP contribution in [-0.4, -0.2) is 146 Å². The van der Waals surface area contributed by atoms with Crippen LogP contribution in [0.3, 0.4) is 0 Å². The van der Waals surface area contributed by atoms with Crippen molar-refractivity contribution in [2.75, 3.05) is 119 Å². The molecule has 6 nitrogen and oxygen atoms in total. The fraction of sp³-hybridized carbons (Fsp3) is 0.657. The SMILES string of the molecule is C[N+](C)(C)Cc1cc(C[N+](C)(C)C)cc(C[N+](C)(C)C[N+](C)(C)Cc2cc(C[N+](C)(C)C)cc(C[N+](C)(C)C)c2)c1. The summed E-state index contributed by atoms with van der Waals surface area (Å²) >= 11 is 0. The highest BCUT2D eigenvalue weighted by molar-refractivity contribution is 5.30. The van der Waals surface area contributed by atoms with Crippen LogP contribution < -0.4 is 0 Å². The van der Waals surface area contributed by atoms with E-state index >= 15 is 0 Å². The van der Waals surface area contributed by atoms with Crippen molar-refractivity contribution in [3.8, 4) is 0 Å². The average Bonchev–Trinajstić information content (AvgIpc) is 2.59. The van der Waals surface area contributed by atoms with Gasteiger partial charge in [0.05, 0.1) is 113 Å². The van der Waals surface area contributed by atoms with Gasteiger partial charge in [-0.3, -0.25) is 8.97 Å². The van der Waals surface area contributed by atoms with Crippen molar-refractivity contribution < 1.29 is 26.9 Å². The Kier molecular flexibility index (Phi) is 10.7. The molecule has 0 radical (unpaired) electrons. The lowest BCUT2D eigenvalue weighted by molar-refractivity contribution is -1.08. The van der Waals surface area contributed by atoms with Gasteiger partial charge in [-0.05, 0) is 36.4 Å². The smallest absolute Gasteiger partial charge is 0.207 e. The van der Waals surface area contributed by atoms with Gasteiger partial charge in [0.1, 0.15) is 39.3 Å². The van der Waals surface area contributed by atoms with Crippen molar-refractivity contribution in [3.63, 3.8) is 0 Å². The Morgan fingerprint density at radius 2 is 0.463 bits per heavy atom. The predicted molar refractivity (Wildman–Crippen MR) is 176 cm³/mol. The Balaban J connectivity index is 2.32. The minimum atomic E-state index is 0.943. The Bertz CT molecular complexity index is 991. The minimum Gasteiger partial charge on any atom is -0.327 e. The normalized spacial score (nSPS) is 14.0. The van der Waals surface area contributed by atoms with Crippen LogP contribution in [0.15, 0.2) is 36.4 Å². The van der Waals surface area contributed by atoms with E-state index in [9.17, 15) is 0 Å². The zero-order chi connectivity index (χ0) is 31.7. The number of quaternary nitrogens is 6. The van der Waals surface area contributed by atoms with Crippen LogP contribution in [0.1, 0.15) is 33.4 Å². The molecule has 0 aliphatic rings. The molecule has 2 aromatic carbocycles. The van der Waals surface area contributed by atoms with Crippen molar-refractivity contribution >= 4 is 0 Å². The second-order valence-electron chi connectivity index (χ2n) is 18.4. The van der Waals surface area contributed by atoms with Gasteiger partial charge in [-0.25, -0.2) is 0 Å².